The van der Waals surface area contributed by atoms with Crippen LogP contribution in [-0.2, 0) is 0 Å². The van der Waals surface area contributed by atoms with Crippen LogP contribution < -0.4 is 5.43 Å². The summed E-state index contributed by atoms with van der Waals surface area (Å²) in [6.45, 7) is 1.69. The summed E-state index contributed by atoms with van der Waals surface area (Å²) in [5.41, 5.74) is 1.07. The van der Waals surface area contributed by atoms with Crippen molar-refractivity contribution >= 4 is 21.9 Å². The summed E-state index contributed by atoms with van der Waals surface area (Å²) >= 11 is 0. The lowest BCUT2D eigenvalue weighted by Gasteiger charge is -2.05. The van der Waals surface area contributed by atoms with E-state index in [9.17, 15) is 15.0 Å². The van der Waals surface area contributed by atoms with Gasteiger partial charge in [0.1, 0.15) is 22.7 Å². The number of phenols is 2. The fourth-order valence-electron chi connectivity index (χ4n) is 2.03. The van der Waals surface area contributed by atoms with Crippen molar-refractivity contribution in [1.29, 1.82) is 0 Å². The highest BCUT2D eigenvalue weighted by atomic mass is 16.3. The summed E-state index contributed by atoms with van der Waals surface area (Å²) in [7, 11) is 0. The molecule has 18 heavy (non-hydrogen) atoms. The van der Waals surface area contributed by atoms with E-state index >= 15 is 0 Å². The van der Waals surface area contributed by atoms with Gasteiger partial charge in [0.15, 0.2) is 0 Å². The van der Waals surface area contributed by atoms with E-state index < -0.39 is 0 Å². The van der Waals surface area contributed by atoms with Crippen LogP contribution in [0.5, 0.6) is 11.5 Å². The molecule has 4 nitrogen and oxygen atoms in total. The Morgan fingerprint density at radius 3 is 2.61 bits per heavy atom. The van der Waals surface area contributed by atoms with Crippen molar-refractivity contribution in [2.45, 2.75) is 6.92 Å². The molecule has 0 aliphatic heterocycles. The molecule has 0 spiro atoms. The maximum atomic E-state index is 12.3. The van der Waals surface area contributed by atoms with Gasteiger partial charge >= 0.3 is 0 Å². The van der Waals surface area contributed by atoms with E-state index in [1.165, 1.54) is 30.3 Å². The van der Waals surface area contributed by atoms with Crippen molar-refractivity contribution in [3.05, 3.63) is 46.1 Å². The third-order valence-corrected chi connectivity index (χ3v) is 3.04. The molecule has 2 N–H and O–H groups in total. The molecule has 2 aromatic carbocycles. The van der Waals surface area contributed by atoms with Gasteiger partial charge in [0.05, 0.1) is 10.8 Å². The number of rotatable bonds is 0. The van der Waals surface area contributed by atoms with Gasteiger partial charge in [-0.15, -0.1) is 0 Å². The van der Waals surface area contributed by atoms with Crippen molar-refractivity contribution in [1.82, 2.24) is 0 Å². The van der Waals surface area contributed by atoms with Gasteiger partial charge in [-0.3, -0.25) is 4.79 Å². The Hall–Kier alpha value is -2.49. The second-order valence-electron chi connectivity index (χ2n) is 4.20. The summed E-state index contributed by atoms with van der Waals surface area (Å²) in [4.78, 5) is 12.3. The van der Waals surface area contributed by atoms with Crippen LogP contribution >= 0.6 is 0 Å². The number of aromatic hydroxyl groups is 2. The maximum Gasteiger partial charge on any atom is 0.200 e. The van der Waals surface area contributed by atoms with Gasteiger partial charge in [-0.1, -0.05) is 0 Å². The van der Waals surface area contributed by atoms with Gasteiger partial charge in [0.25, 0.3) is 0 Å². The fraction of sp³-hybridized carbons (Fsp3) is 0.0714. The average molecular weight is 242 g/mol. The van der Waals surface area contributed by atoms with Crippen molar-refractivity contribution < 1.29 is 14.6 Å². The molecule has 0 aliphatic rings. The van der Waals surface area contributed by atoms with Gasteiger partial charge in [-0.2, -0.15) is 0 Å². The zero-order valence-corrected chi connectivity index (χ0v) is 9.60. The minimum atomic E-state index is -0.217. The predicted octanol–water partition coefficient (Wildman–Crippen LogP) is 2.67. The number of fused-ring (bicyclic) bond motifs is 2. The lowest BCUT2D eigenvalue weighted by atomic mass is 10.1. The highest BCUT2D eigenvalue weighted by Gasteiger charge is 2.11. The van der Waals surface area contributed by atoms with Crippen molar-refractivity contribution in [2.24, 2.45) is 0 Å². The minimum absolute atomic E-state index is 0.0182. The predicted molar refractivity (Wildman–Crippen MR) is 68.1 cm³/mol. The largest absolute Gasteiger partial charge is 0.508 e. The van der Waals surface area contributed by atoms with Crippen LogP contribution in [-0.4, -0.2) is 10.2 Å². The van der Waals surface area contributed by atoms with E-state index in [2.05, 4.69) is 0 Å². The van der Waals surface area contributed by atoms with E-state index in [0.29, 0.717) is 27.5 Å². The van der Waals surface area contributed by atoms with Crippen molar-refractivity contribution in [3.8, 4) is 11.5 Å². The number of phenolic OH excluding ortho intramolecular Hbond substituents is 2. The molecule has 0 bridgehead atoms. The van der Waals surface area contributed by atoms with Gasteiger partial charge in [0.2, 0.25) is 5.43 Å². The first kappa shape index (κ1) is 10.7. The lowest BCUT2D eigenvalue weighted by molar-refractivity contribution is 0.470. The standard InChI is InChI=1S/C14H10O4/c1-7-11(16)4-3-9-13(17)10-6-8(15)2-5-12(10)18-14(7)9/h2-6,15-16H,1H3. The molecular formula is C14H10O4. The van der Waals surface area contributed by atoms with Crippen LogP contribution in [0.15, 0.2) is 39.5 Å². The Morgan fingerprint density at radius 1 is 1.06 bits per heavy atom. The molecule has 0 saturated heterocycles. The van der Waals surface area contributed by atoms with Gasteiger partial charge in [-0.25, -0.2) is 0 Å². The Kier molecular flexibility index (Phi) is 2.07. The highest BCUT2D eigenvalue weighted by molar-refractivity contribution is 5.92. The molecule has 0 fully saturated rings. The van der Waals surface area contributed by atoms with Crippen LogP contribution in [0.1, 0.15) is 5.56 Å². The first-order valence-corrected chi connectivity index (χ1v) is 5.46. The van der Waals surface area contributed by atoms with Gasteiger partial charge < -0.3 is 14.6 Å². The van der Waals surface area contributed by atoms with E-state index in [-0.39, 0.29) is 16.9 Å². The lowest BCUT2D eigenvalue weighted by Crippen LogP contribution is -2.02. The SMILES string of the molecule is Cc1c(O)ccc2c(=O)c3cc(O)ccc3oc12. The minimum Gasteiger partial charge on any atom is -0.508 e. The topological polar surface area (TPSA) is 70.7 Å². The molecular weight excluding hydrogens is 232 g/mol. The maximum absolute atomic E-state index is 12.3. The molecule has 1 heterocycles. The third kappa shape index (κ3) is 1.35. The van der Waals surface area contributed by atoms with Crippen LogP contribution in [0.3, 0.4) is 0 Å². The smallest absolute Gasteiger partial charge is 0.200 e. The van der Waals surface area contributed by atoms with Crippen LogP contribution in [0.25, 0.3) is 21.9 Å². The quantitative estimate of drug-likeness (QED) is 0.594. The average Bonchev–Trinajstić information content (AvgIpc) is 2.36. The molecule has 0 saturated carbocycles. The molecule has 0 aliphatic carbocycles. The fourth-order valence-corrected chi connectivity index (χ4v) is 2.03. The van der Waals surface area contributed by atoms with E-state index in [4.69, 9.17) is 4.42 Å². The number of benzene rings is 2. The van der Waals surface area contributed by atoms with Gasteiger partial charge in [0, 0.05) is 5.56 Å². The zero-order chi connectivity index (χ0) is 12.9. The number of aryl methyl sites for hydroxylation is 1. The van der Waals surface area contributed by atoms with Crippen LogP contribution in [0.4, 0.5) is 0 Å². The van der Waals surface area contributed by atoms with E-state index in [0.717, 1.165) is 0 Å². The van der Waals surface area contributed by atoms with E-state index in [1.807, 2.05) is 0 Å². The molecule has 1 aromatic heterocycles. The zero-order valence-electron chi connectivity index (χ0n) is 9.60. The summed E-state index contributed by atoms with van der Waals surface area (Å²) in [6.07, 6.45) is 0. The normalized spacial score (nSPS) is 11.2. The molecule has 3 rings (SSSR count). The molecule has 0 atom stereocenters. The van der Waals surface area contributed by atoms with Gasteiger partial charge in [-0.05, 0) is 37.3 Å². The van der Waals surface area contributed by atoms with E-state index in [1.54, 1.807) is 6.92 Å². The molecule has 90 valence electrons. The third-order valence-electron chi connectivity index (χ3n) is 3.04. The first-order chi connectivity index (χ1) is 8.58. The number of hydrogen-bond acceptors (Lipinski definition) is 4. The summed E-state index contributed by atoms with van der Waals surface area (Å²) in [5, 5.41) is 19.7. The Labute approximate surface area is 102 Å². The molecule has 4 heteroatoms. The summed E-state index contributed by atoms with van der Waals surface area (Å²) in [6, 6.07) is 7.35. The molecule has 3 aromatic rings. The molecule has 0 unspecified atom stereocenters. The van der Waals surface area contributed by atoms with Crippen molar-refractivity contribution in [3.63, 3.8) is 0 Å². The Morgan fingerprint density at radius 2 is 1.83 bits per heavy atom. The number of hydrogen-bond donors (Lipinski definition) is 2. The van der Waals surface area contributed by atoms with Crippen molar-refractivity contribution in [2.75, 3.05) is 0 Å². The second kappa shape index (κ2) is 3.50. The monoisotopic (exact) mass is 242 g/mol. The molecule has 0 amide bonds. The Bertz CT molecular complexity index is 830. The summed E-state index contributed by atoms with van der Waals surface area (Å²) in [5.74, 6) is 0.105. The Balaban J connectivity index is 2.61. The second-order valence-corrected chi connectivity index (χ2v) is 4.20. The first-order valence-electron chi connectivity index (χ1n) is 5.46. The summed E-state index contributed by atoms with van der Waals surface area (Å²) < 4.78 is 5.62. The van der Waals surface area contributed by atoms with Crippen LogP contribution in [0, 0.1) is 6.92 Å². The van der Waals surface area contributed by atoms with Crippen LogP contribution in [0.2, 0.25) is 0 Å². The molecule has 0 radical (unpaired) electrons. The highest BCUT2D eigenvalue weighted by Crippen LogP contribution is 2.28.